The van der Waals surface area contributed by atoms with Crippen LogP contribution >= 0.6 is 11.8 Å². The molecule has 0 aliphatic carbocycles. The lowest BCUT2D eigenvalue weighted by atomic mass is 10.3. The Bertz CT molecular complexity index is 854. The van der Waals surface area contributed by atoms with Gasteiger partial charge >= 0.3 is 5.69 Å². The van der Waals surface area contributed by atoms with Gasteiger partial charge in [-0.25, -0.2) is 9.78 Å². The van der Waals surface area contributed by atoms with Crippen LogP contribution in [0.5, 0.6) is 0 Å². The maximum absolute atomic E-state index is 12.3. The van der Waals surface area contributed by atoms with E-state index >= 15 is 0 Å². The Labute approximate surface area is 130 Å². The molecular weight excluding hydrogens is 304 g/mol. The van der Waals surface area contributed by atoms with Gasteiger partial charge in [0.25, 0.3) is 5.56 Å². The van der Waals surface area contributed by atoms with Gasteiger partial charge in [-0.3, -0.25) is 18.7 Å². The average Bonchev–Trinajstić information content (AvgIpc) is 2.53. The van der Waals surface area contributed by atoms with Crippen LogP contribution in [0.15, 0.2) is 39.4 Å². The summed E-state index contributed by atoms with van der Waals surface area (Å²) < 4.78 is 2.35. The lowest BCUT2D eigenvalue weighted by molar-refractivity contribution is -0.118. The fourth-order valence-corrected chi connectivity index (χ4v) is 2.83. The molecule has 0 aliphatic heterocycles. The number of carbonyl (C=O) groups is 1. The number of nitrogens with one attached hydrogen (secondary N) is 1. The van der Waals surface area contributed by atoms with Crippen LogP contribution in [0, 0.1) is 0 Å². The number of hydrogen-bond donors (Lipinski definition) is 1. The van der Waals surface area contributed by atoms with Crippen LogP contribution in [0.25, 0.3) is 11.0 Å². The molecule has 0 atom stereocenters. The highest BCUT2D eigenvalue weighted by Gasteiger charge is 2.14. The van der Waals surface area contributed by atoms with Crippen molar-refractivity contribution in [2.24, 2.45) is 14.1 Å². The van der Waals surface area contributed by atoms with Crippen molar-refractivity contribution in [3.63, 3.8) is 0 Å². The van der Waals surface area contributed by atoms with E-state index in [9.17, 15) is 14.4 Å². The van der Waals surface area contributed by atoms with Gasteiger partial charge in [0, 0.05) is 31.7 Å². The van der Waals surface area contributed by atoms with Gasteiger partial charge < -0.3 is 5.32 Å². The highest BCUT2D eigenvalue weighted by Crippen LogP contribution is 2.23. The standard InChI is InChI=1S/C14H16N4O3S/c1-4-6-15-10(19)8-22-9-5-7-16-12-11(9)13(20)18(3)14(21)17(12)2/h4-5,7H,1,6,8H2,2-3H3,(H,15,19). The monoisotopic (exact) mass is 320 g/mol. The summed E-state index contributed by atoms with van der Waals surface area (Å²) in [5.41, 5.74) is -0.541. The number of carbonyl (C=O) groups excluding carboxylic acids is 1. The highest BCUT2D eigenvalue weighted by molar-refractivity contribution is 8.00. The zero-order chi connectivity index (χ0) is 16.3. The van der Waals surface area contributed by atoms with E-state index in [1.165, 1.54) is 29.6 Å². The maximum Gasteiger partial charge on any atom is 0.332 e. The maximum atomic E-state index is 12.3. The van der Waals surface area contributed by atoms with E-state index in [2.05, 4.69) is 16.9 Å². The molecule has 1 N–H and O–H groups in total. The summed E-state index contributed by atoms with van der Waals surface area (Å²) in [6.07, 6.45) is 3.11. The number of amides is 1. The first-order valence-electron chi connectivity index (χ1n) is 6.52. The van der Waals surface area contributed by atoms with Crippen molar-refractivity contribution < 1.29 is 4.79 Å². The number of hydrogen-bond acceptors (Lipinski definition) is 5. The Balaban J connectivity index is 2.44. The van der Waals surface area contributed by atoms with Gasteiger partial charge in [-0.15, -0.1) is 18.3 Å². The number of aromatic nitrogens is 3. The van der Waals surface area contributed by atoms with E-state index in [1.807, 2.05) is 0 Å². The minimum atomic E-state index is -0.434. The second kappa shape index (κ2) is 6.61. The van der Waals surface area contributed by atoms with Crippen LogP contribution in [0.4, 0.5) is 0 Å². The third-order valence-corrected chi connectivity index (χ3v) is 4.16. The number of aryl methyl sites for hydroxylation is 1. The van der Waals surface area contributed by atoms with Crippen LogP contribution in [0.2, 0.25) is 0 Å². The lowest BCUT2D eigenvalue weighted by Crippen LogP contribution is -2.37. The molecule has 0 saturated carbocycles. The van der Waals surface area contributed by atoms with Gasteiger partial charge in [0.15, 0.2) is 0 Å². The molecule has 0 radical (unpaired) electrons. The van der Waals surface area contributed by atoms with Crippen LogP contribution in [0.3, 0.4) is 0 Å². The van der Waals surface area contributed by atoms with Gasteiger partial charge in [0.05, 0.1) is 11.1 Å². The van der Waals surface area contributed by atoms with E-state index in [0.29, 0.717) is 22.5 Å². The molecule has 2 heterocycles. The first-order chi connectivity index (χ1) is 10.5. The summed E-state index contributed by atoms with van der Waals surface area (Å²) in [7, 11) is 2.98. The Hall–Kier alpha value is -2.35. The van der Waals surface area contributed by atoms with E-state index < -0.39 is 11.2 Å². The predicted octanol–water partition coefficient (Wildman–Crippen LogP) is 0.0265. The smallest absolute Gasteiger partial charge is 0.332 e. The van der Waals surface area contributed by atoms with Crippen molar-refractivity contribution >= 4 is 28.7 Å². The van der Waals surface area contributed by atoms with Gasteiger partial charge in [0.1, 0.15) is 5.65 Å². The number of nitrogens with zero attached hydrogens (tertiary/aromatic N) is 3. The molecule has 0 bridgehead atoms. The zero-order valence-corrected chi connectivity index (χ0v) is 13.1. The van der Waals surface area contributed by atoms with Crippen LogP contribution in [-0.2, 0) is 18.9 Å². The lowest BCUT2D eigenvalue weighted by Gasteiger charge is -2.09. The Morgan fingerprint density at radius 2 is 2.14 bits per heavy atom. The van der Waals surface area contributed by atoms with Gasteiger partial charge in [-0.05, 0) is 6.07 Å². The van der Waals surface area contributed by atoms with Gasteiger partial charge in [0.2, 0.25) is 5.91 Å². The molecule has 0 aliphatic rings. The first-order valence-corrected chi connectivity index (χ1v) is 7.51. The van der Waals surface area contributed by atoms with Crippen LogP contribution in [0.1, 0.15) is 0 Å². The molecule has 2 aromatic rings. The molecule has 7 nitrogen and oxygen atoms in total. The Morgan fingerprint density at radius 1 is 1.41 bits per heavy atom. The summed E-state index contributed by atoms with van der Waals surface area (Å²) in [5.74, 6) is 0.00961. The quantitative estimate of drug-likeness (QED) is 0.620. The SMILES string of the molecule is C=CCNC(=O)CSc1ccnc2c1c(=O)n(C)c(=O)n2C. The van der Waals surface area contributed by atoms with E-state index in [-0.39, 0.29) is 11.7 Å². The molecule has 1 amide bonds. The summed E-state index contributed by atoms with van der Waals surface area (Å²) in [4.78, 5) is 40.6. The summed E-state index contributed by atoms with van der Waals surface area (Å²) >= 11 is 1.23. The van der Waals surface area contributed by atoms with Crippen molar-refractivity contribution in [1.82, 2.24) is 19.4 Å². The summed E-state index contributed by atoms with van der Waals surface area (Å²) in [6, 6.07) is 1.67. The normalized spacial score (nSPS) is 10.6. The van der Waals surface area contributed by atoms with E-state index in [1.54, 1.807) is 19.2 Å². The third kappa shape index (κ3) is 2.96. The molecule has 22 heavy (non-hydrogen) atoms. The largest absolute Gasteiger partial charge is 0.352 e. The summed E-state index contributed by atoms with van der Waals surface area (Å²) in [5, 5.41) is 3.01. The van der Waals surface area contributed by atoms with Crippen LogP contribution in [-0.4, -0.2) is 32.3 Å². The molecule has 0 aromatic carbocycles. The van der Waals surface area contributed by atoms with Gasteiger partial charge in [-0.1, -0.05) is 6.08 Å². The van der Waals surface area contributed by atoms with E-state index in [0.717, 1.165) is 4.57 Å². The predicted molar refractivity (Wildman–Crippen MR) is 86.2 cm³/mol. The Kier molecular flexibility index (Phi) is 4.81. The van der Waals surface area contributed by atoms with Crippen molar-refractivity contribution in [3.8, 4) is 0 Å². The highest BCUT2D eigenvalue weighted by atomic mass is 32.2. The molecule has 2 aromatic heterocycles. The molecular formula is C14H16N4O3S. The number of rotatable bonds is 5. The number of fused-ring (bicyclic) bond motifs is 1. The van der Waals surface area contributed by atoms with Gasteiger partial charge in [-0.2, -0.15) is 0 Å². The Morgan fingerprint density at radius 3 is 2.82 bits per heavy atom. The molecule has 0 fully saturated rings. The second-order valence-corrected chi connectivity index (χ2v) is 5.61. The molecule has 2 rings (SSSR count). The van der Waals surface area contributed by atoms with Crippen LogP contribution < -0.4 is 16.6 Å². The number of pyridine rings is 1. The number of thioether (sulfide) groups is 1. The van der Waals surface area contributed by atoms with Crippen molar-refractivity contribution in [2.45, 2.75) is 4.90 Å². The molecule has 0 spiro atoms. The zero-order valence-electron chi connectivity index (χ0n) is 12.3. The minimum absolute atomic E-state index is 0.156. The minimum Gasteiger partial charge on any atom is -0.352 e. The molecule has 0 saturated heterocycles. The van der Waals surface area contributed by atoms with Crippen molar-refractivity contribution in [1.29, 1.82) is 0 Å². The summed E-state index contributed by atoms with van der Waals surface area (Å²) in [6.45, 7) is 3.92. The fourth-order valence-electron chi connectivity index (χ4n) is 1.96. The average molecular weight is 320 g/mol. The molecule has 8 heteroatoms. The second-order valence-electron chi connectivity index (χ2n) is 4.59. The topological polar surface area (TPSA) is 86.0 Å². The third-order valence-electron chi connectivity index (χ3n) is 3.11. The fraction of sp³-hybridized carbons (Fsp3) is 0.286. The molecule has 116 valence electrons. The first kappa shape index (κ1) is 16.0. The van der Waals surface area contributed by atoms with Crippen molar-refractivity contribution in [3.05, 3.63) is 45.8 Å². The van der Waals surface area contributed by atoms with Crippen molar-refractivity contribution in [2.75, 3.05) is 12.3 Å². The van der Waals surface area contributed by atoms with E-state index in [4.69, 9.17) is 0 Å². The molecule has 0 unspecified atom stereocenters.